The first-order valence-corrected chi connectivity index (χ1v) is 4.16. The SMILES string of the molecule is CN=C(NC)NC(C)CN(C)C. The number of guanidine groups is 1. The van der Waals surface area contributed by atoms with Crippen LogP contribution in [-0.2, 0) is 0 Å². The molecule has 4 heteroatoms. The lowest BCUT2D eigenvalue weighted by molar-refractivity contribution is 0.369. The predicted octanol–water partition coefficient (Wildman–Crippen LogP) is -0.269. The largest absolute Gasteiger partial charge is 0.359 e. The Morgan fingerprint density at radius 1 is 1.50 bits per heavy atom. The van der Waals surface area contributed by atoms with Gasteiger partial charge in [0.25, 0.3) is 0 Å². The van der Waals surface area contributed by atoms with Gasteiger partial charge < -0.3 is 15.5 Å². The van der Waals surface area contributed by atoms with Crippen LogP contribution >= 0.6 is 0 Å². The summed E-state index contributed by atoms with van der Waals surface area (Å²) in [7, 11) is 7.74. The van der Waals surface area contributed by atoms with E-state index in [-0.39, 0.29) is 0 Å². The van der Waals surface area contributed by atoms with Gasteiger partial charge in [0.05, 0.1) is 0 Å². The van der Waals surface area contributed by atoms with Gasteiger partial charge in [-0.15, -0.1) is 0 Å². The molecule has 0 fully saturated rings. The quantitative estimate of drug-likeness (QED) is 0.455. The van der Waals surface area contributed by atoms with Crippen molar-refractivity contribution >= 4 is 5.96 Å². The molecular weight excluding hydrogens is 152 g/mol. The smallest absolute Gasteiger partial charge is 0.190 e. The third-order valence-electron chi connectivity index (χ3n) is 1.48. The Labute approximate surface area is 75.0 Å². The number of rotatable bonds is 3. The zero-order chi connectivity index (χ0) is 9.56. The van der Waals surface area contributed by atoms with Gasteiger partial charge in [0.1, 0.15) is 0 Å². The van der Waals surface area contributed by atoms with Crippen molar-refractivity contribution in [2.45, 2.75) is 13.0 Å². The third-order valence-corrected chi connectivity index (χ3v) is 1.48. The van der Waals surface area contributed by atoms with Crippen molar-refractivity contribution in [3.05, 3.63) is 0 Å². The minimum atomic E-state index is 0.408. The number of nitrogens with one attached hydrogen (secondary N) is 2. The van der Waals surface area contributed by atoms with Gasteiger partial charge in [-0.05, 0) is 21.0 Å². The summed E-state index contributed by atoms with van der Waals surface area (Å²) in [5.41, 5.74) is 0. The molecule has 0 spiro atoms. The zero-order valence-corrected chi connectivity index (χ0v) is 8.68. The molecule has 12 heavy (non-hydrogen) atoms. The minimum Gasteiger partial charge on any atom is -0.359 e. The zero-order valence-electron chi connectivity index (χ0n) is 8.68. The molecule has 0 aromatic rings. The fraction of sp³-hybridized carbons (Fsp3) is 0.875. The Morgan fingerprint density at radius 2 is 2.08 bits per heavy atom. The second-order valence-electron chi connectivity index (χ2n) is 3.13. The van der Waals surface area contributed by atoms with Crippen LogP contribution in [0, 0.1) is 0 Å². The second kappa shape index (κ2) is 5.83. The standard InChI is InChI=1S/C8H20N4/c1-7(6-12(4)5)11-8(9-2)10-3/h7H,6H2,1-5H3,(H2,9,10,11). The Morgan fingerprint density at radius 3 is 2.42 bits per heavy atom. The van der Waals surface area contributed by atoms with Crippen LogP contribution in [0.4, 0.5) is 0 Å². The van der Waals surface area contributed by atoms with Crippen LogP contribution in [-0.4, -0.2) is 51.6 Å². The van der Waals surface area contributed by atoms with Crippen molar-refractivity contribution in [2.24, 2.45) is 4.99 Å². The summed E-state index contributed by atoms with van der Waals surface area (Å²) >= 11 is 0. The van der Waals surface area contributed by atoms with Crippen LogP contribution in [0.3, 0.4) is 0 Å². The summed E-state index contributed by atoms with van der Waals surface area (Å²) in [6.45, 7) is 3.13. The van der Waals surface area contributed by atoms with E-state index in [9.17, 15) is 0 Å². The predicted molar refractivity (Wildman–Crippen MR) is 53.6 cm³/mol. The summed E-state index contributed by atoms with van der Waals surface area (Å²) in [5, 5.41) is 6.22. The number of aliphatic imine (C=N–C) groups is 1. The fourth-order valence-electron chi connectivity index (χ4n) is 1.08. The van der Waals surface area contributed by atoms with Gasteiger partial charge in [-0.2, -0.15) is 0 Å². The van der Waals surface area contributed by atoms with E-state index in [0.29, 0.717) is 6.04 Å². The van der Waals surface area contributed by atoms with Crippen LogP contribution in [0.1, 0.15) is 6.92 Å². The van der Waals surface area contributed by atoms with Gasteiger partial charge in [0.2, 0.25) is 0 Å². The molecule has 2 N–H and O–H groups in total. The molecule has 0 amide bonds. The third kappa shape index (κ3) is 4.96. The van der Waals surface area contributed by atoms with E-state index in [2.05, 4.69) is 41.5 Å². The highest BCUT2D eigenvalue weighted by atomic mass is 15.2. The van der Waals surface area contributed by atoms with Crippen molar-refractivity contribution in [1.82, 2.24) is 15.5 Å². The Hall–Kier alpha value is -0.770. The molecule has 1 atom stereocenters. The van der Waals surface area contributed by atoms with E-state index in [4.69, 9.17) is 0 Å². The molecule has 0 aliphatic carbocycles. The van der Waals surface area contributed by atoms with Crippen LogP contribution in [0.2, 0.25) is 0 Å². The number of likely N-dealkylation sites (N-methyl/N-ethyl adjacent to an activating group) is 1. The summed E-state index contributed by atoms with van der Waals surface area (Å²) < 4.78 is 0. The van der Waals surface area contributed by atoms with Gasteiger partial charge in [-0.1, -0.05) is 0 Å². The van der Waals surface area contributed by atoms with Crippen LogP contribution in [0.15, 0.2) is 4.99 Å². The van der Waals surface area contributed by atoms with Crippen molar-refractivity contribution in [3.8, 4) is 0 Å². The maximum absolute atomic E-state index is 4.03. The Bertz CT molecular complexity index is 142. The topological polar surface area (TPSA) is 39.7 Å². The summed E-state index contributed by atoms with van der Waals surface area (Å²) in [5.74, 6) is 0.837. The summed E-state index contributed by atoms with van der Waals surface area (Å²) in [6.07, 6.45) is 0. The van der Waals surface area contributed by atoms with E-state index in [1.54, 1.807) is 7.05 Å². The van der Waals surface area contributed by atoms with E-state index >= 15 is 0 Å². The van der Waals surface area contributed by atoms with Crippen LogP contribution in [0.5, 0.6) is 0 Å². The van der Waals surface area contributed by atoms with Crippen LogP contribution < -0.4 is 10.6 Å². The average molecular weight is 172 g/mol. The highest BCUT2D eigenvalue weighted by Gasteiger charge is 2.03. The lowest BCUT2D eigenvalue weighted by atomic mass is 10.3. The van der Waals surface area contributed by atoms with E-state index in [1.165, 1.54) is 0 Å². The first-order chi connectivity index (χ1) is 5.60. The number of hydrogen-bond donors (Lipinski definition) is 2. The van der Waals surface area contributed by atoms with Crippen LogP contribution in [0.25, 0.3) is 0 Å². The van der Waals surface area contributed by atoms with Gasteiger partial charge >= 0.3 is 0 Å². The maximum atomic E-state index is 4.03. The Balaban J connectivity index is 3.74. The molecule has 1 unspecified atom stereocenters. The van der Waals surface area contributed by atoms with Crippen molar-refractivity contribution in [3.63, 3.8) is 0 Å². The Kier molecular flexibility index (Phi) is 5.45. The fourth-order valence-corrected chi connectivity index (χ4v) is 1.08. The average Bonchev–Trinajstić information content (AvgIpc) is 1.98. The summed E-state index contributed by atoms with van der Waals surface area (Å²) in [6, 6.07) is 0.408. The lowest BCUT2D eigenvalue weighted by Gasteiger charge is -2.19. The normalized spacial score (nSPS) is 14.7. The van der Waals surface area contributed by atoms with Gasteiger partial charge in [0.15, 0.2) is 5.96 Å². The highest BCUT2D eigenvalue weighted by Crippen LogP contribution is 1.84. The van der Waals surface area contributed by atoms with Gasteiger partial charge in [-0.25, -0.2) is 0 Å². The highest BCUT2D eigenvalue weighted by molar-refractivity contribution is 5.79. The first-order valence-electron chi connectivity index (χ1n) is 4.16. The monoisotopic (exact) mass is 172 g/mol. The van der Waals surface area contributed by atoms with E-state index in [1.807, 2.05) is 7.05 Å². The minimum absolute atomic E-state index is 0.408. The molecular formula is C8H20N4. The summed E-state index contributed by atoms with van der Waals surface area (Å²) in [4.78, 5) is 6.17. The van der Waals surface area contributed by atoms with E-state index in [0.717, 1.165) is 12.5 Å². The van der Waals surface area contributed by atoms with Gasteiger partial charge in [0, 0.05) is 26.7 Å². The number of hydrogen-bond acceptors (Lipinski definition) is 2. The molecule has 0 aliphatic rings. The molecule has 0 saturated carbocycles. The molecule has 0 rings (SSSR count). The molecule has 4 nitrogen and oxygen atoms in total. The molecule has 0 heterocycles. The number of nitrogens with zero attached hydrogens (tertiary/aromatic N) is 2. The molecule has 0 radical (unpaired) electrons. The first kappa shape index (κ1) is 11.2. The van der Waals surface area contributed by atoms with Crippen molar-refractivity contribution in [2.75, 3.05) is 34.7 Å². The molecule has 0 aliphatic heterocycles. The molecule has 0 aromatic heterocycles. The van der Waals surface area contributed by atoms with Gasteiger partial charge in [-0.3, -0.25) is 4.99 Å². The van der Waals surface area contributed by atoms with Crippen molar-refractivity contribution in [1.29, 1.82) is 0 Å². The van der Waals surface area contributed by atoms with Crippen molar-refractivity contribution < 1.29 is 0 Å². The molecule has 0 saturated heterocycles. The second-order valence-corrected chi connectivity index (χ2v) is 3.13. The molecule has 0 aromatic carbocycles. The molecule has 0 bridgehead atoms. The van der Waals surface area contributed by atoms with E-state index < -0.39 is 0 Å². The lowest BCUT2D eigenvalue weighted by Crippen LogP contribution is -2.44. The molecule has 72 valence electrons. The maximum Gasteiger partial charge on any atom is 0.190 e.